The molecule has 0 amide bonds. The second-order valence-corrected chi connectivity index (χ2v) is 3.56. The fourth-order valence-electron chi connectivity index (χ4n) is 1.32. The Hall–Kier alpha value is -1.78. The van der Waals surface area contributed by atoms with Crippen molar-refractivity contribution in [1.82, 2.24) is 0 Å². The van der Waals surface area contributed by atoms with Gasteiger partial charge in [0, 0.05) is 6.07 Å². The number of halogens is 1. The smallest absolute Gasteiger partial charge is 0.306 e. The highest BCUT2D eigenvalue weighted by Crippen LogP contribution is 2.28. The van der Waals surface area contributed by atoms with E-state index in [2.05, 4.69) is 4.74 Å². The van der Waals surface area contributed by atoms with Gasteiger partial charge in [-0.15, -0.1) is 0 Å². The maximum absolute atomic E-state index is 13.3. The van der Waals surface area contributed by atoms with Crippen LogP contribution in [0.4, 0.5) is 4.39 Å². The van der Waals surface area contributed by atoms with Crippen molar-refractivity contribution in [2.45, 2.75) is 13.3 Å². The molecule has 1 aromatic carbocycles. The highest BCUT2D eigenvalue weighted by atomic mass is 19.1. The first-order valence-corrected chi connectivity index (χ1v) is 4.74. The van der Waals surface area contributed by atoms with Crippen molar-refractivity contribution in [2.24, 2.45) is 5.92 Å². The fraction of sp³-hybridized carbons (Fsp3) is 0.364. The fourth-order valence-corrected chi connectivity index (χ4v) is 1.32. The van der Waals surface area contributed by atoms with E-state index in [0.29, 0.717) is 0 Å². The van der Waals surface area contributed by atoms with Crippen LogP contribution in [0.25, 0.3) is 0 Å². The molecule has 0 fully saturated rings. The second kappa shape index (κ2) is 4.83. The van der Waals surface area contributed by atoms with Crippen LogP contribution in [-0.4, -0.2) is 23.3 Å². The molecule has 0 saturated carbocycles. The Labute approximate surface area is 92.3 Å². The quantitative estimate of drug-likeness (QED) is 0.824. The van der Waals surface area contributed by atoms with Crippen LogP contribution in [-0.2, 0) is 11.2 Å². The molecule has 1 rings (SSSR count). The monoisotopic (exact) mass is 228 g/mol. The summed E-state index contributed by atoms with van der Waals surface area (Å²) in [5, 5.41) is 18.2. The summed E-state index contributed by atoms with van der Waals surface area (Å²) in [4.78, 5) is 10.6. The zero-order chi connectivity index (χ0) is 12.3. The summed E-state index contributed by atoms with van der Waals surface area (Å²) in [6, 6.07) is 2.23. The number of carbonyl (C=O) groups is 1. The van der Waals surface area contributed by atoms with Gasteiger partial charge in [0.05, 0.1) is 13.0 Å². The van der Waals surface area contributed by atoms with E-state index < -0.39 is 17.7 Å². The molecule has 5 heteroatoms. The van der Waals surface area contributed by atoms with E-state index in [1.54, 1.807) is 0 Å². The van der Waals surface area contributed by atoms with E-state index in [1.165, 1.54) is 14.0 Å². The maximum Gasteiger partial charge on any atom is 0.306 e. The number of phenols is 1. The molecular weight excluding hydrogens is 215 g/mol. The molecule has 4 nitrogen and oxygen atoms in total. The Morgan fingerprint density at radius 1 is 1.56 bits per heavy atom. The van der Waals surface area contributed by atoms with Crippen LogP contribution in [0.1, 0.15) is 12.5 Å². The summed E-state index contributed by atoms with van der Waals surface area (Å²) >= 11 is 0. The minimum absolute atomic E-state index is 0.0655. The summed E-state index contributed by atoms with van der Waals surface area (Å²) in [5.74, 6) is -2.52. The zero-order valence-electron chi connectivity index (χ0n) is 9.03. The second-order valence-electron chi connectivity index (χ2n) is 3.56. The summed E-state index contributed by atoms with van der Waals surface area (Å²) in [7, 11) is 1.29. The SMILES string of the molecule is COc1cc(O)c(CC(C)C(=O)O)cc1F. The summed E-state index contributed by atoms with van der Waals surface area (Å²) < 4.78 is 18.0. The predicted octanol–water partition coefficient (Wildman–Crippen LogP) is 1.80. The normalized spacial score (nSPS) is 12.2. The van der Waals surface area contributed by atoms with Gasteiger partial charge in [0.2, 0.25) is 0 Å². The average Bonchev–Trinajstić information content (AvgIpc) is 2.22. The summed E-state index contributed by atoms with van der Waals surface area (Å²) in [6.07, 6.45) is 0.0715. The highest BCUT2D eigenvalue weighted by Gasteiger charge is 2.16. The number of carboxylic acids is 1. The van der Waals surface area contributed by atoms with Gasteiger partial charge in [0.1, 0.15) is 5.75 Å². The van der Waals surface area contributed by atoms with E-state index >= 15 is 0 Å². The number of aliphatic carboxylic acids is 1. The molecule has 0 saturated heterocycles. The van der Waals surface area contributed by atoms with Crippen molar-refractivity contribution in [3.05, 3.63) is 23.5 Å². The molecular formula is C11H13FO4. The molecule has 16 heavy (non-hydrogen) atoms. The van der Waals surface area contributed by atoms with Crippen LogP contribution >= 0.6 is 0 Å². The van der Waals surface area contributed by atoms with Crippen LogP contribution in [0.3, 0.4) is 0 Å². The predicted molar refractivity (Wildman–Crippen MR) is 55.1 cm³/mol. The van der Waals surface area contributed by atoms with Gasteiger partial charge >= 0.3 is 5.97 Å². The Balaban J connectivity index is 2.98. The molecule has 0 radical (unpaired) electrons. The third-order valence-corrected chi connectivity index (χ3v) is 2.30. The zero-order valence-corrected chi connectivity index (χ0v) is 9.03. The number of rotatable bonds is 4. The Kier molecular flexibility index (Phi) is 3.71. The van der Waals surface area contributed by atoms with Crippen molar-refractivity contribution in [2.75, 3.05) is 7.11 Å². The molecule has 0 aromatic heterocycles. The third kappa shape index (κ3) is 2.62. The van der Waals surface area contributed by atoms with Gasteiger partial charge in [-0.2, -0.15) is 0 Å². The number of hydrogen-bond acceptors (Lipinski definition) is 3. The number of aromatic hydroxyl groups is 1. The summed E-state index contributed by atoms with van der Waals surface area (Å²) in [6.45, 7) is 1.49. The van der Waals surface area contributed by atoms with Crippen LogP contribution in [0, 0.1) is 11.7 Å². The number of phenolic OH excluding ortho intramolecular Hbond substituents is 1. The van der Waals surface area contributed by atoms with Gasteiger partial charge < -0.3 is 14.9 Å². The number of benzene rings is 1. The number of carboxylic acid groups (broad SMARTS) is 1. The Bertz CT molecular complexity index is 403. The molecule has 0 bridgehead atoms. The van der Waals surface area contributed by atoms with Crippen LogP contribution in [0.2, 0.25) is 0 Å². The van der Waals surface area contributed by atoms with Crippen molar-refractivity contribution in [3.8, 4) is 11.5 Å². The molecule has 1 atom stereocenters. The molecule has 0 aliphatic carbocycles. The summed E-state index contributed by atoms with van der Waals surface area (Å²) in [5.41, 5.74) is 0.258. The largest absolute Gasteiger partial charge is 0.508 e. The molecule has 0 aliphatic heterocycles. The number of ether oxygens (including phenoxy) is 1. The van der Waals surface area contributed by atoms with Gasteiger partial charge in [-0.25, -0.2) is 4.39 Å². The maximum atomic E-state index is 13.3. The van der Waals surface area contributed by atoms with Gasteiger partial charge in [-0.3, -0.25) is 4.79 Å². The standard InChI is InChI=1S/C11H13FO4/c1-6(11(14)15)3-7-4-8(12)10(16-2)5-9(7)13/h4-6,13H,3H2,1-2H3,(H,14,15). The molecule has 1 unspecified atom stereocenters. The van der Waals surface area contributed by atoms with Gasteiger partial charge in [0.25, 0.3) is 0 Å². The lowest BCUT2D eigenvalue weighted by atomic mass is 10.0. The third-order valence-electron chi connectivity index (χ3n) is 2.30. The van der Waals surface area contributed by atoms with E-state index in [-0.39, 0.29) is 23.5 Å². The van der Waals surface area contributed by atoms with E-state index in [4.69, 9.17) is 5.11 Å². The average molecular weight is 228 g/mol. The lowest BCUT2D eigenvalue weighted by Crippen LogP contribution is -2.12. The number of hydrogen-bond donors (Lipinski definition) is 2. The minimum Gasteiger partial charge on any atom is -0.508 e. The van der Waals surface area contributed by atoms with Gasteiger partial charge in [-0.05, 0) is 18.1 Å². The first-order valence-electron chi connectivity index (χ1n) is 4.74. The molecule has 0 spiro atoms. The van der Waals surface area contributed by atoms with Crippen molar-refractivity contribution < 1.29 is 24.1 Å². The first kappa shape index (κ1) is 12.3. The van der Waals surface area contributed by atoms with Crippen molar-refractivity contribution >= 4 is 5.97 Å². The van der Waals surface area contributed by atoms with Gasteiger partial charge in [-0.1, -0.05) is 6.92 Å². The van der Waals surface area contributed by atoms with E-state index in [0.717, 1.165) is 12.1 Å². The topological polar surface area (TPSA) is 66.8 Å². The minimum atomic E-state index is -0.990. The van der Waals surface area contributed by atoms with E-state index in [9.17, 15) is 14.3 Å². The van der Waals surface area contributed by atoms with Crippen LogP contribution in [0.15, 0.2) is 12.1 Å². The number of methoxy groups -OCH3 is 1. The highest BCUT2D eigenvalue weighted by molar-refractivity contribution is 5.70. The Morgan fingerprint density at radius 2 is 2.19 bits per heavy atom. The van der Waals surface area contributed by atoms with Crippen molar-refractivity contribution in [1.29, 1.82) is 0 Å². The van der Waals surface area contributed by atoms with Crippen LogP contribution < -0.4 is 4.74 Å². The molecule has 1 aromatic rings. The lowest BCUT2D eigenvalue weighted by molar-refractivity contribution is -0.141. The first-order chi connectivity index (χ1) is 7.45. The molecule has 0 aliphatic rings. The lowest BCUT2D eigenvalue weighted by Gasteiger charge is -2.10. The van der Waals surface area contributed by atoms with Crippen LogP contribution in [0.5, 0.6) is 11.5 Å². The Morgan fingerprint density at radius 3 is 2.69 bits per heavy atom. The van der Waals surface area contributed by atoms with Crippen molar-refractivity contribution in [3.63, 3.8) is 0 Å². The molecule has 2 N–H and O–H groups in total. The molecule has 0 heterocycles. The van der Waals surface area contributed by atoms with Gasteiger partial charge in [0.15, 0.2) is 11.6 Å². The van der Waals surface area contributed by atoms with E-state index in [1.807, 2.05) is 0 Å². The molecule has 88 valence electrons.